The number of nitrogens with zero attached hydrogens (tertiary/aromatic N) is 6. The standard InChI is InChI=1S/C23H31N7O/c1-2-6-18(7-3-1)21-26-22-24-16-28(11-10-27-12-14-31-15-13-27)17-29(22)23-25-19-8-4-5-9-20(19)30(21)23/h1-2,4-5,8-9,18,21H,3,6-7,10-17H2,(H,24,26). The second kappa shape index (κ2) is 8.26. The highest BCUT2D eigenvalue weighted by atomic mass is 16.5. The summed E-state index contributed by atoms with van der Waals surface area (Å²) in [5, 5.41) is 3.80. The first-order valence-electron chi connectivity index (χ1n) is 11.6. The number of aliphatic imine (C=N–C) groups is 1. The number of guanidine groups is 1. The molecule has 0 amide bonds. The third-order valence-electron chi connectivity index (χ3n) is 6.98. The fourth-order valence-electron chi connectivity index (χ4n) is 5.22. The molecule has 0 bridgehead atoms. The van der Waals surface area contributed by atoms with E-state index in [0.29, 0.717) is 5.92 Å². The van der Waals surface area contributed by atoms with Crippen LogP contribution in [0, 0.1) is 5.92 Å². The summed E-state index contributed by atoms with van der Waals surface area (Å²) in [6.07, 6.45) is 8.28. The average Bonchev–Trinajstić information content (AvgIpc) is 3.23. The molecule has 8 heteroatoms. The number of nitrogens with one attached hydrogen (secondary N) is 1. The Morgan fingerprint density at radius 1 is 1.06 bits per heavy atom. The molecule has 0 radical (unpaired) electrons. The number of ether oxygens (including phenoxy) is 1. The molecule has 0 spiro atoms. The van der Waals surface area contributed by atoms with Crippen molar-refractivity contribution in [3.8, 4) is 0 Å². The van der Waals surface area contributed by atoms with E-state index in [4.69, 9.17) is 14.7 Å². The number of para-hydroxylation sites is 2. The summed E-state index contributed by atoms with van der Waals surface area (Å²) in [5.74, 6) is 2.55. The Bertz CT molecular complexity index is 993. The zero-order valence-corrected chi connectivity index (χ0v) is 18.0. The number of benzene rings is 1. The molecule has 1 aliphatic carbocycles. The smallest absolute Gasteiger partial charge is 0.216 e. The molecule has 6 rings (SSSR count). The first-order valence-corrected chi connectivity index (χ1v) is 11.6. The maximum absolute atomic E-state index is 5.48. The number of hydrogen-bond donors (Lipinski definition) is 1. The topological polar surface area (TPSA) is 61.2 Å². The van der Waals surface area contributed by atoms with Crippen molar-refractivity contribution in [2.45, 2.75) is 25.4 Å². The number of rotatable bonds is 4. The fourth-order valence-corrected chi connectivity index (χ4v) is 5.22. The van der Waals surface area contributed by atoms with Crippen LogP contribution in [0.15, 0.2) is 41.4 Å². The van der Waals surface area contributed by atoms with E-state index >= 15 is 0 Å². The summed E-state index contributed by atoms with van der Waals surface area (Å²) < 4.78 is 7.90. The number of hydrogen-bond acceptors (Lipinski definition) is 7. The summed E-state index contributed by atoms with van der Waals surface area (Å²) >= 11 is 0. The zero-order chi connectivity index (χ0) is 20.6. The Balaban J connectivity index is 1.28. The van der Waals surface area contributed by atoms with Gasteiger partial charge in [-0.3, -0.25) is 19.3 Å². The quantitative estimate of drug-likeness (QED) is 0.764. The van der Waals surface area contributed by atoms with Gasteiger partial charge in [0.15, 0.2) is 0 Å². The first kappa shape index (κ1) is 19.3. The van der Waals surface area contributed by atoms with Crippen molar-refractivity contribution in [3.63, 3.8) is 0 Å². The normalized spacial score (nSPS) is 27.0. The summed E-state index contributed by atoms with van der Waals surface area (Å²) in [5.41, 5.74) is 2.26. The van der Waals surface area contributed by atoms with Crippen molar-refractivity contribution in [2.24, 2.45) is 10.9 Å². The van der Waals surface area contributed by atoms with Crippen molar-refractivity contribution in [3.05, 3.63) is 36.4 Å². The summed E-state index contributed by atoms with van der Waals surface area (Å²) in [7, 11) is 0. The molecule has 0 saturated carbocycles. The van der Waals surface area contributed by atoms with Crippen LogP contribution in [0.3, 0.4) is 0 Å². The lowest BCUT2D eigenvalue weighted by atomic mass is 9.91. The molecule has 2 unspecified atom stereocenters. The third-order valence-corrected chi connectivity index (χ3v) is 6.98. The van der Waals surface area contributed by atoms with Gasteiger partial charge in [-0.1, -0.05) is 24.3 Å². The lowest BCUT2D eigenvalue weighted by Gasteiger charge is -2.44. The van der Waals surface area contributed by atoms with Crippen LogP contribution in [0.4, 0.5) is 5.95 Å². The second-order valence-electron chi connectivity index (χ2n) is 8.95. The van der Waals surface area contributed by atoms with E-state index in [9.17, 15) is 0 Å². The molecular weight excluding hydrogens is 390 g/mol. The Morgan fingerprint density at radius 2 is 1.94 bits per heavy atom. The van der Waals surface area contributed by atoms with Gasteiger partial charge < -0.3 is 10.1 Å². The molecular formula is C23H31N7O. The van der Waals surface area contributed by atoms with Crippen LogP contribution in [-0.4, -0.2) is 78.0 Å². The molecule has 4 aliphatic rings. The molecule has 1 N–H and O–H groups in total. The van der Waals surface area contributed by atoms with Crippen LogP contribution in [0.2, 0.25) is 0 Å². The van der Waals surface area contributed by atoms with Gasteiger partial charge in [-0.2, -0.15) is 0 Å². The predicted octanol–water partition coefficient (Wildman–Crippen LogP) is 2.22. The number of aromatic nitrogens is 2. The number of fused-ring (bicyclic) bond motifs is 5. The van der Waals surface area contributed by atoms with Crippen molar-refractivity contribution in [2.75, 3.05) is 57.6 Å². The number of anilines is 1. The highest BCUT2D eigenvalue weighted by Crippen LogP contribution is 2.37. The van der Waals surface area contributed by atoms with E-state index in [1.165, 1.54) is 11.9 Å². The largest absolute Gasteiger partial charge is 0.379 e. The van der Waals surface area contributed by atoms with Crippen molar-refractivity contribution in [1.29, 1.82) is 0 Å². The zero-order valence-electron chi connectivity index (χ0n) is 18.0. The van der Waals surface area contributed by atoms with E-state index in [0.717, 1.165) is 83.0 Å². The molecule has 164 valence electrons. The van der Waals surface area contributed by atoms with Crippen LogP contribution in [0.1, 0.15) is 25.4 Å². The minimum Gasteiger partial charge on any atom is -0.379 e. The van der Waals surface area contributed by atoms with Crippen molar-refractivity contribution >= 4 is 22.9 Å². The Labute approximate surface area is 183 Å². The van der Waals surface area contributed by atoms with Gasteiger partial charge in [-0.05, 0) is 31.4 Å². The molecule has 1 saturated heterocycles. The third kappa shape index (κ3) is 3.62. The Hall–Kier alpha value is -2.42. The summed E-state index contributed by atoms with van der Waals surface area (Å²) in [4.78, 5) is 17.2. The van der Waals surface area contributed by atoms with Crippen molar-refractivity contribution < 1.29 is 4.74 Å². The molecule has 1 aromatic carbocycles. The van der Waals surface area contributed by atoms with Gasteiger partial charge in [0, 0.05) is 32.1 Å². The van der Waals surface area contributed by atoms with E-state index in [1.807, 2.05) is 0 Å². The van der Waals surface area contributed by atoms with Gasteiger partial charge in [-0.25, -0.2) is 9.98 Å². The van der Waals surface area contributed by atoms with Gasteiger partial charge in [0.05, 0.1) is 37.6 Å². The van der Waals surface area contributed by atoms with Crippen LogP contribution >= 0.6 is 0 Å². The fraction of sp³-hybridized carbons (Fsp3) is 0.565. The van der Waals surface area contributed by atoms with Gasteiger partial charge >= 0.3 is 0 Å². The van der Waals surface area contributed by atoms with E-state index in [2.05, 4.69) is 61.0 Å². The van der Waals surface area contributed by atoms with Gasteiger partial charge in [-0.15, -0.1) is 0 Å². The highest BCUT2D eigenvalue weighted by Gasteiger charge is 2.38. The van der Waals surface area contributed by atoms with Gasteiger partial charge in [0.2, 0.25) is 11.9 Å². The number of morpholine rings is 1. The predicted molar refractivity (Wildman–Crippen MR) is 122 cm³/mol. The van der Waals surface area contributed by atoms with Gasteiger partial charge in [0.1, 0.15) is 6.17 Å². The van der Waals surface area contributed by atoms with E-state index < -0.39 is 0 Å². The molecule has 2 atom stereocenters. The molecule has 1 fully saturated rings. The van der Waals surface area contributed by atoms with Gasteiger partial charge in [0.25, 0.3) is 0 Å². The number of allylic oxidation sites excluding steroid dienone is 2. The van der Waals surface area contributed by atoms with Crippen LogP contribution in [-0.2, 0) is 4.74 Å². The van der Waals surface area contributed by atoms with Crippen LogP contribution in [0.25, 0.3) is 11.0 Å². The first-order chi connectivity index (χ1) is 15.4. The van der Waals surface area contributed by atoms with Crippen molar-refractivity contribution in [1.82, 2.24) is 24.7 Å². The summed E-state index contributed by atoms with van der Waals surface area (Å²) in [6, 6.07) is 8.51. The van der Waals surface area contributed by atoms with E-state index in [1.54, 1.807) is 0 Å². The minimum absolute atomic E-state index is 0.197. The summed E-state index contributed by atoms with van der Waals surface area (Å²) in [6.45, 7) is 7.37. The Morgan fingerprint density at radius 3 is 2.81 bits per heavy atom. The molecule has 3 aliphatic heterocycles. The van der Waals surface area contributed by atoms with Crippen LogP contribution in [0.5, 0.6) is 0 Å². The molecule has 2 aromatic rings. The lowest BCUT2D eigenvalue weighted by Crippen LogP contribution is -2.59. The maximum atomic E-state index is 5.48. The SMILES string of the molecule is C1=CCC(C2NC3=NCN(CCN4CCOCC4)CN3c3nc4ccccc4n32)CC1. The molecule has 1 aromatic heterocycles. The molecule has 4 heterocycles. The maximum Gasteiger partial charge on any atom is 0.216 e. The Kier molecular flexibility index (Phi) is 5.13. The van der Waals surface area contributed by atoms with E-state index in [-0.39, 0.29) is 6.17 Å². The minimum atomic E-state index is 0.197. The highest BCUT2D eigenvalue weighted by molar-refractivity contribution is 5.98. The monoisotopic (exact) mass is 421 g/mol. The average molecular weight is 422 g/mol. The lowest BCUT2D eigenvalue weighted by molar-refractivity contribution is 0.0333. The van der Waals surface area contributed by atoms with Crippen LogP contribution < -0.4 is 10.2 Å². The molecule has 31 heavy (non-hydrogen) atoms. The number of imidazole rings is 1. The molecule has 8 nitrogen and oxygen atoms in total. The second-order valence-corrected chi connectivity index (χ2v) is 8.95.